The highest BCUT2D eigenvalue weighted by Gasteiger charge is 2.31. The van der Waals surface area contributed by atoms with Crippen LogP contribution in [0.1, 0.15) is 23.7 Å². The summed E-state index contributed by atoms with van der Waals surface area (Å²) in [5.41, 5.74) is 1.94. The number of benzene rings is 1. The second kappa shape index (κ2) is 8.42. The third-order valence-corrected chi connectivity index (χ3v) is 4.75. The quantitative estimate of drug-likeness (QED) is 0.809. The van der Waals surface area contributed by atoms with Crippen LogP contribution in [0.2, 0.25) is 5.02 Å². The van der Waals surface area contributed by atoms with Crippen molar-refractivity contribution >= 4 is 17.6 Å². The molecule has 3 rings (SSSR count). The first-order chi connectivity index (χ1) is 12.6. The van der Waals surface area contributed by atoms with Crippen LogP contribution < -0.4 is 15.4 Å². The number of aryl methyl sites for hydroxylation is 1. The maximum atomic E-state index is 12.2. The zero-order valence-corrected chi connectivity index (χ0v) is 15.6. The Kier molecular flexibility index (Phi) is 6.00. The normalized spacial score (nSPS) is 19.3. The molecule has 2 amide bonds. The molecule has 1 aromatic carbocycles. The van der Waals surface area contributed by atoms with Crippen LogP contribution in [0, 0.1) is 0 Å². The highest BCUT2D eigenvalue weighted by molar-refractivity contribution is 6.31. The molecule has 7 nitrogen and oxygen atoms in total. The molecule has 0 radical (unpaired) electrons. The van der Waals surface area contributed by atoms with Gasteiger partial charge >= 0.3 is 6.03 Å². The monoisotopic (exact) mass is 378 g/mol. The Balaban J connectivity index is 1.48. The first kappa shape index (κ1) is 18.5. The number of nitrogens with one attached hydrogen (secondary N) is 2. The van der Waals surface area contributed by atoms with Crippen LogP contribution in [-0.2, 0) is 18.2 Å². The summed E-state index contributed by atoms with van der Waals surface area (Å²) < 4.78 is 12.6. The molecule has 0 aliphatic carbocycles. The summed E-state index contributed by atoms with van der Waals surface area (Å²) >= 11 is 6.22. The van der Waals surface area contributed by atoms with E-state index in [0.717, 1.165) is 17.5 Å². The molecule has 1 aliphatic heterocycles. The fraction of sp³-hybridized carbons (Fsp3) is 0.444. The van der Waals surface area contributed by atoms with Gasteiger partial charge in [-0.2, -0.15) is 5.10 Å². The third-order valence-electron chi connectivity index (χ3n) is 4.40. The van der Waals surface area contributed by atoms with Crippen molar-refractivity contribution in [2.45, 2.75) is 25.0 Å². The first-order valence-corrected chi connectivity index (χ1v) is 8.91. The minimum atomic E-state index is -0.209. The topological polar surface area (TPSA) is 77.4 Å². The molecule has 0 saturated carbocycles. The average molecular weight is 379 g/mol. The summed E-state index contributed by atoms with van der Waals surface area (Å²) in [6.45, 7) is 1.11. The van der Waals surface area contributed by atoms with Crippen LogP contribution in [0.25, 0.3) is 0 Å². The van der Waals surface area contributed by atoms with Gasteiger partial charge in [-0.3, -0.25) is 4.68 Å². The Morgan fingerprint density at radius 1 is 1.50 bits per heavy atom. The van der Waals surface area contributed by atoms with E-state index in [1.165, 1.54) is 0 Å². The molecule has 0 unspecified atom stereocenters. The zero-order valence-electron chi connectivity index (χ0n) is 14.9. The van der Waals surface area contributed by atoms with Gasteiger partial charge in [0, 0.05) is 37.0 Å². The lowest BCUT2D eigenvalue weighted by Crippen LogP contribution is -2.43. The summed E-state index contributed by atoms with van der Waals surface area (Å²) in [6.07, 6.45) is 4.94. The van der Waals surface area contributed by atoms with Gasteiger partial charge in [-0.15, -0.1) is 0 Å². The molecule has 2 aromatic rings. The number of amides is 2. The molecule has 1 fully saturated rings. The molecule has 26 heavy (non-hydrogen) atoms. The van der Waals surface area contributed by atoms with Crippen molar-refractivity contribution in [2.75, 3.05) is 20.3 Å². The van der Waals surface area contributed by atoms with Gasteiger partial charge in [0.25, 0.3) is 0 Å². The fourth-order valence-electron chi connectivity index (χ4n) is 3.04. The number of halogens is 1. The van der Waals surface area contributed by atoms with Crippen LogP contribution in [0.3, 0.4) is 0 Å². The molecular formula is C18H23ClN4O3. The van der Waals surface area contributed by atoms with E-state index < -0.39 is 0 Å². The van der Waals surface area contributed by atoms with E-state index in [2.05, 4.69) is 15.7 Å². The lowest BCUT2D eigenvalue weighted by atomic mass is 10.1. The Hall–Kier alpha value is -2.25. The van der Waals surface area contributed by atoms with Crippen LogP contribution >= 0.6 is 11.6 Å². The third kappa shape index (κ3) is 4.47. The number of urea groups is 1. The Bertz CT molecular complexity index is 765. The van der Waals surface area contributed by atoms with Gasteiger partial charge in [0.05, 0.1) is 19.3 Å². The molecule has 1 saturated heterocycles. The molecule has 2 atom stereocenters. The molecule has 8 heteroatoms. The number of carbonyl (C=O) groups is 1. The van der Waals surface area contributed by atoms with Gasteiger partial charge in [0.15, 0.2) is 0 Å². The van der Waals surface area contributed by atoms with Gasteiger partial charge in [-0.1, -0.05) is 17.7 Å². The van der Waals surface area contributed by atoms with E-state index in [0.29, 0.717) is 30.3 Å². The second-order valence-electron chi connectivity index (χ2n) is 6.24. The summed E-state index contributed by atoms with van der Waals surface area (Å²) in [7, 11) is 3.46. The lowest BCUT2D eigenvalue weighted by Gasteiger charge is -2.19. The van der Waals surface area contributed by atoms with Gasteiger partial charge < -0.3 is 20.1 Å². The number of hydrogen-bond acceptors (Lipinski definition) is 4. The molecule has 1 aromatic heterocycles. The largest absolute Gasteiger partial charge is 0.497 e. The number of carbonyl (C=O) groups excluding carboxylic acids is 1. The van der Waals surface area contributed by atoms with Crippen LogP contribution in [0.15, 0.2) is 30.6 Å². The van der Waals surface area contributed by atoms with Gasteiger partial charge in [-0.25, -0.2) is 4.79 Å². The minimum absolute atomic E-state index is 0.0659. The van der Waals surface area contributed by atoms with Gasteiger partial charge in [0.1, 0.15) is 11.9 Å². The molecule has 0 bridgehead atoms. The standard InChI is InChI=1S/C18H23ClN4O3/c1-23-11-13(10-21-23)17-16(6-8-26-17)22-18(24)20-7-5-12-3-4-14(25-2)9-15(12)19/h3-4,9-11,16-17H,5-8H2,1-2H3,(H2,20,22,24)/t16-,17+/m0/s1. The minimum Gasteiger partial charge on any atom is -0.497 e. The van der Waals surface area contributed by atoms with Crippen molar-refractivity contribution in [3.63, 3.8) is 0 Å². The predicted octanol–water partition coefficient (Wildman–Crippen LogP) is 2.45. The van der Waals surface area contributed by atoms with Crippen molar-refractivity contribution in [1.29, 1.82) is 0 Å². The second-order valence-corrected chi connectivity index (χ2v) is 6.65. The van der Waals surface area contributed by atoms with Crippen LogP contribution in [0.5, 0.6) is 5.75 Å². The number of nitrogens with zero attached hydrogens (tertiary/aromatic N) is 2. The Labute approximate surface area is 157 Å². The smallest absolute Gasteiger partial charge is 0.315 e. The number of hydrogen-bond donors (Lipinski definition) is 2. The maximum absolute atomic E-state index is 12.2. The number of methoxy groups -OCH3 is 1. The van der Waals surface area contributed by atoms with Crippen molar-refractivity contribution in [3.05, 3.63) is 46.7 Å². The predicted molar refractivity (Wildman–Crippen MR) is 98.5 cm³/mol. The van der Waals surface area contributed by atoms with E-state index in [1.54, 1.807) is 24.1 Å². The van der Waals surface area contributed by atoms with Crippen LogP contribution in [-0.4, -0.2) is 42.1 Å². The van der Waals surface area contributed by atoms with Crippen molar-refractivity contribution in [3.8, 4) is 5.75 Å². The molecular weight excluding hydrogens is 356 g/mol. The van der Waals surface area contributed by atoms with Crippen molar-refractivity contribution < 1.29 is 14.3 Å². The van der Waals surface area contributed by atoms with E-state index in [-0.39, 0.29) is 18.2 Å². The van der Waals surface area contributed by atoms with Gasteiger partial charge in [0.2, 0.25) is 0 Å². The van der Waals surface area contributed by atoms with E-state index >= 15 is 0 Å². The highest BCUT2D eigenvalue weighted by atomic mass is 35.5. The number of ether oxygens (including phenoxy) is 2. The average Bonchev–Trinajstić information content (AvgIpc) is 3.24. The Morgan fingerprint density at radius 2 is 2.35 bits per heavy atom. The van der Waals surface area contributed by atoms with Crippen molar-refractivity contribution in [1.82, 2.24) is 20.4 Å². The molecule has 140 valence electrons. The first-order valence-electron chi connectivity index (χ1n) is 8.53. The number of aromatic nitrogens is 2. The zero-order chi connectivity index (χ0) is 18.5. The summed E-state index contributed by atoms with van der Waals surface area (Å²) in [6, 6.07) is 5.26. The summed E-state index contributed by atoms with van der Waals surface area (Å²) in [5.74, 6) is 0.715. The van der Waals surface area contributed by atoms with E-state index in [9.17, 15) is 4.79 Å². The fourth-order valence-corrected chi connectivity index (χ4v) is 3.31. The van der Waals surface area contributed by atoms with Gasteiger partial charge in [-0.05, 0) is 30.5 Å². The summed E-state index contributed by atoms with van der Waals surface area (Å²) in [5, 5.41) is 10.7. The highest BCUT2D eigenvalue weighted by Crippen LogP contribution is 2.28. The lowest BCUT2D eigenvalue weighted by molar-refractivity contribution is 0.0999. The van der Waals surface area contributed by atoms with Crippen LogP contribution in [0.4, 0.5) is 4.79 Å². The number of rotatable bonds is 6. The van der Waals surface area contributed by atoms with E-state index in [1.807, 2.05) is 25.4 Å². The van der Waals surface area contributed by atoms with E-state index in [4.69, 9.17) is 21.1 Å². The molecule has 0 spiro atoms. The maximum Gasteiger partial charge on any atom is 0.315 e. The molecule has 1 aliphatic rings. The SMILES string of the molecule is COc1ccc(CCNC(=O)N[C@H]2CCO[C@@H]2c2cnn(C)c2)c(Cl)c1. The molecule has 2 heterocycles. The van der Waals surface area contributed by atoms with Crippen molar-refractivity contribution in [2.24, 2.45) is 7.05 Å². The molecule has 2 N–H and O–H groups in total. The summed E-state index contributed by atoms with van der Waals surface area (Å²) in [4.78, 5) is 12.2. The Morgan fingerprint density at radius 3 is 3.04 bits per heavy atom.